The molecule has 16 heteroatoms. The first-order valence-corrected chi connectivity index (χ1v) is 20.3. The molecule has 0 radical (unpaired) electrons. The fraction of sp³-hybridized carbons (Fsp3) is 0.500. The largest absolute Gasteiger partial charge is 0.453 e. The smallest absolute Gasteiger partial charge is 0.407 e. The predicted molar refractivity (Wildman–Crippen MR) is 214 cm³/mol. The van der Waals surface area contributed by atoms with Crippen LogP contribution in [0.5, 0.6) is 0 Å². The van der Waals surface area contributed by atoms with Gasteiger partial charge in [-0.2, -0.15) is 0 Å². The first kappa shape index (κ1) is 40.3. The van der Waals surface area contributed by atoms with Gasteiger partial charge in [-0.05, 0) is 72.3 Å². The summed E-state index contributed by atoms with van der Waals surface area (Å²) in [6.45, 7) is 12.9. The Hall–Kier alpha value is -5.32. The van der Waals surface area contributed by atoms with Gasteiger partial charge in [-0.25, -0.2) is 19.6 Å². The Morgan fingerprint density at radius 2 is 1.11 bits per heavy atom. The minimum absolute atomic E-state index is 0.120. The average molecular weight is 801 g/mol. The average Bonchev–Trinajstić information content (AvgIpc) is 4.01. The maximum absolute atomic E-state index is 13.6. The van der Waals surface area contributed by atoms with Crippen molar-refractivity contribution in [2.75, 3.05) is 27.3 Å². The first-order valence-electron chi connectivity index (χ1n) is 18.7. The second kappa shape index (κ2) is 17.2. The molecule has 296 valence electrons. The van der Waals surface area contributed by atoms with Crippen LogP contribution in [-0.2, 0) is 19.1 Å². The monoisotopic (exact) mass is 800 g/mol. The van der Waals surface area contributed by atoms with Gasteiger partial charge in [-0.3, -0.25) is 9.59 Å². The molecule has 2 aliphatic rings. The van der Waals surface area contributed by atoms with Crippen LogP contribution in [-0.4, -0.2) is 93.1 Å². The van der Waals surface area contributed by atoms with Crippen molar-refractivity contribution in [1.82, 2.24) is 40.4 Å². The Morgan fingerprint density at radius 3 is 1.46 bits per heavy atom. The van der Waals surface area contributed by atoms with Crippen molar-refractivity contribution >= 4 is 56.1 Å². The minimum Gasteiger partial charge on any atom is -0.453 e. The number of likely N-dealkylation sites (tertiary alicyclic amines) is 2. The summed E-state index contributed by atoms with van der Waals surface area (Å²) in [5.74, 6) is 14.2. The van der Waals surface area contributed by atoms with E-state index in [4.69, 9.17) is 9.47 Å². The van der Waals surface area contributed by atoms with Gasteiger partial charge in [-0.15, -0.1) is 22.7 Å². The van der Waals surface area contributed by atoms with Crippen molar-refractivity contribution in [1.29, 1.82) is 0 Å². The van der Waals surface area contributed by atoms with E-state index < -0.39 is 24.3 Å². The number of hydrogen-bond donors (Lipinski definition) is 4. The molecule has 4 aromatic heterocycles. The zero-order valence-electron chi connectivity index (χ0n) is 32.8. The molecule has 56 heavy (non-hydrogen) atoms. The lowest BCUT2D eigenvalue weighted by atomic mass is 10.0. The minimum atomic E-state index is -0.708. The third-order valence-electron chi connectivity index (χ3n) is 10.0. The van der Waals surface area contributed by atoms with E-state index in [0.29, 0.717) is 36.1 Å². The molecule has 0 aromatic carbocycles. The summed E-state index contributed by atoms with van der Waals surface area (Å²) < 4.78 is 11.7. The Balaban J connectivity index is 1.11. The standard InChI is InChI=1S/C40H48N8O6S2/c1-21(2)33(45-39(51)53-7)37(49)47-19-23(5)13-29(47)35-41-17-25(43-35)9-11-27-15-31-32(55-27)16-28(56-31)12-10-26-18-42-36(44-26)30-14-24(6)20-48(30)38(50)34(22(3)4)46-40(52)54-8/h15-18,21-24,29-30,33-34H,13-14,19-20H2,1-8H3,(H,41,43)(H,42,44)(H,45,51)(H,46,52)/t23-,24-,29-,30-,33-,34-/m0/s1. The molecule has 6 atom stereocenters. The molecule has 2 aliphatic heterocycles. The number of hydrogen-bond acceptors (Lipinski definition) is 10. The maximum Gasteiger partial charge on any atom is 0.407 e. The number of aromatic nitrogens is 4. The van der Waals surface area contributed by atoms with E-state index >= 15 is 0 Å². The number of ether oxygens (including phenoxy) is 2. The molecule has 0 bridgehead atoms. The lowest BCUT2D eigenvalue weighted by Crippen LogP contribution is -2.51. The van der Waals surface area contributed by atoms with Gasteiger partial charge in [0, 0.05) is 22.5 Å². The van der Waals surface area contributed by atoms with Crippen LogP contribution in [0.3, 0.4) is 0 Å². The second-order valence-electron chi connectivity index (χ2n) is 15.2. The van der Waals surface area contributed by atoms with Crippen molar-refractivity contribution in [3.63, 3.8) is 0 Å². The number of nitrogens with zero attached hydrogens (tertiary/aromatic N) is 4. The van der Waals surface area contributed by atoms with Crippen LogP contribution >= 0.6 is 22.7 Å². The first-order chi connectivity index (χ1) is 26.7. The lowest BCUT2D eigenvalue weighted by Gasteiger charge is -2.30. The summed E-state index contributed by atoms with van der Waals surface area (Å²) in [6.07, 6.45) is 3.61. The van der Waals surface area contributed by atoms with E-state index in [1.807, 2.05) is 27.7 Å². The molecule has 4 aromatic rings. The summed E-state index contributed by atoms with van der Waals surface area (Å²) >= 11 is 3.17. The second-order valence-corrected chi connectivity index (χ2v) is 17.4. The van der Waals surface area contributed by atoms with Crippen LogP contribution in [0.4, 0.5) is 9.59 Å². The molecule has 0 saturated carbocycles. The molecule has 0 unspecified atom stereocenters. The Labute approximate surface area is 334 Å². The van der Waals surface area contributed by atoms with E-state index in [9.17, 15) is 19.2 Å². The number of rotatable bonds is 8. The highest BCUT2D eigenvalue weighted by atomic mass is 32.1. The van der Waals surface area contributed by atoms with Crippen molar-refractivity contribution < 1.29 is 28.7 Å². The van der Waals surface area contributed by atoms with Gasteiger partial charge in [-0.1, -0.05) is 41.5 Å². The molecule has 4 amide bonds. The number of aromatic amines is 2. The van der Waals surface area contributed by atoms with Gasteiger partial charge in [0.15, 0.2) is 0 Å². The molecule has 6 rings (SSSR count). The van der Waals surface area contributed by atoms with Gasteiger partial charge in [0.2, 0.25) is 11.8 Å². The zero-order valence-corrected chi connectivity index (χ0v) is 34.4. The number of alkyl carbamates (subject to hydrolysis) is 2. The van der Waals surface area contributed by atoms with E-state index in [2.05, 4.69) is 80.2 Å². The maximum atomic E-state index is 13.6. The van der Waals surface area contributed by atoms with Crippen LogP contribution in [0, 0.1) is 47.4 Å². The number of carbonyl (C=O) groups is 4. The molecule has 2 fully saturated rings. The Bertz CT molecular complexity index is 2030. The molecular weight excluding hydrogens is 753 g/mol. The Morgan fingerprint density at radius 1 is 0.714 bits per heavy atom. The third kappa shape index (κ3) is 9.03. The fourth-order valence-electron chi connectivity index (χ4n) is 7.21. The number of imidazole rings is 2. The van der Waals surface area contributed by atoms with Crippen molar-refractivity contribution in [2.45, 2.75) is 78.6 Å². The number of H-pyrrole nitrogens is 2. The van der Waals surface area contributed by atoms with Gasteiger partial charge >= 0.3 is 12.2 Å². The summed E-state index contributed by atoms with van der Waals surface area (Å²) in [7, 11) is 2.57. The summed E-state index contributed by atoms with van der Waals surface area (Å²) in [4.78, 5) is 72.3. The predicted octanol–water partition coefficient (Wildman–Crippen LogP) is 5.79. The van der Waals surface area contributed by atoms with Crippen molar-refractivity contribution in [3.05, 3.63) is 57.3 Å². The SMILES string of the molecule is COC(=O)N[C@H](C(=O)N1C[C@@H](C)C[C@H]1c1ncc(C#Cc2cc3sc(C#Cc4cnc([C@@H]5C[C@H](C)CN5C(=O)[C@@H](NC(=O)OC)C(C)C)[nH]4)cc3s2)[nH]1)C(C)C. The van der Waals surface area contributed by atoms with Gasteiger partial charge in [0.05, 0.1) is 48.5 Å². The molecule has 0 spiro atoms. The topological polar surface area (TPSA) is 175 Å². The summed E-state index contributed by atoms with van der Waals surface area (Å²) in [6, 6.07) is 2.19. The van der Waals surface area contributed by atoms with E-state index in [1.165, 1.54) is 14.2 Å². The van der Waals surface area contributed by atoms with Crippen LogP contribution in [0.2, 0.25) is 0 Å². The quantitative estimate of drug-likeness (QED) is 0.162. The molecular formula is C40H48N8O6S2. The van der Waals surface area contributed by atoms with Gasteiger partial charge < -0.3 is 39.9 Å². The normalized spacial score (nSPS) is 20.3. The number of methoxy groups -OCH3 is 2. The highest BCUT2D eigenvalue weighted by molar-refractivity contribution is 7.28. The molecule has 6 heterocycles. The third-order valence-corrected chi connectivity index (χ3v) is 12.2. The van der Waals surface area contributed by atoms with Crippen LogP contribution in [0.25, 0.3) is 9.40 Å². The van der Waals surface area contributed by atoms with E-state index in [1.54, 1.807) is 44.9 Å². The highest BCUT2D eigenvalue weighted by Gasteiger charge is 2.41. The number of amides is 4. The van der Waals surface area contributed by atoms with E-state index in [0.717, 1.165) is 32.0 Å². The number of thiophene rings is 2. The van der Waals surface area contributed by atoms with Crippen LogP contribution in [0.15, 0.2) is 24.5 Å². The number of carbonyl (C=O) groups excluding carboxylic acids is 4. The fourth-order valence-corrected chi connectivity index (χ4v) is 9.31. The molecule has 0 aliphatic carbocycles. The van der Waals surface area contributed by atoms with Crippen LogP contribution in [0.1, 0.15) is 99.3 Å². The molecule has 4 N–H and O–H groups in total. The number of fused-ring (bicyclic) bond motifs is 1. The van der Waals surface area contributed by atoms with Gasteiger partial charge in [0.1, 0.15) is 35.1 Å². The summed E-state index contributed by atoms with van der Waals surface area (Å²) in [5.41, 5.74) is 1.30. The highest BCUT2D eigenvalue weighted by Crippen LogP contribution is 2.37. The molecule has 2 saturated heterocycles. The van der Waals surface area contributed by atoms with Crippen molar-refractivity contribution in [3.8, 4) is 23.7 Å². The summed E-state index contributed by atoms with van der Waals surface area (Å²) in [5, 5.41) is 5.38. The number of nitrogens with one attached hydrogen (secondary N) is 4. The van der Waals surface area contributed by atoms with E-state index in [-0.39, 0.29) is 47.6 Å². The van der Waals surface area contributed by atoms with Crippen LogP contribution < -0.4 is 10.6 Å². The van der Waals surface area contributed by atoms with Gasteiger partial charge in [0.25, 0.3) is 0 Å². The zero-order chi connectivity index (χ0) is 40.3. The molecule has 14 nitrogen and oxygen atoms in total. The Kier molecular flexibility index (Phi) is 12.4. The van der Waals surface area contributed by atoms with Crippen molar-refractivity contribution in [2.24, 2.45) is 23.7 Å². The lowest BCUT2D eigenvalue weighted by molar-refractivity contribution is -0.136.